The Morgan fingerprint density at radius 3 is 2.25 bits per heavy atom. The Bertz CT molecular complexity index is 972. The molecule has 0 fully saturated rings. The van der Waals surface area contributed by atoms with Crippen molar-refractivity contribution in [1.82, 2.24) is 0 Å². The number of nitrogens with one attached hydrogen (secondary N) is 1. The fourth-order valence-electron chi connectivity index (χ4n) is 2.52. The molecule has 0 bridgehead atoms. The Hall–Kier alpha value is -2.93. The highest BCUT2D eigenvalue weighted by atomic mass is 32.2. The van der Waals surface area contributed by atoms with Crippen LogP contribution in [-0.4, -0.2) is 13.0 Å². The molecule has 7 heteroatoms. The predicted molar refractivity (Wildman–Crippen MR) is 103 cm³/mol. The summed E-state index contributed by atoms with van der Waals surface area (Å²) in [6, 6.07) is 18.8. The van der Waals surface area contributed by atoms with Gasteiger partial charge in [-0.05, 0) is 48.5 Å². The second-order valence-corrected chi connectivity index (χ2v) is 6.89. The number of halogens is 3. The Morgan fingerprint density at radius 2 is 1.57 bits per heavy atom. The van der Waals surface area contributed by atoms with E-state index in [0.29, 0.717) is 26.8 Å². The summed E-state index contributed by atoms with van der Waals surface area (Å²) in [4.78, 5) is 14.0. The lowest BCUT2D eigenvalue weighted by Gasteiger charge is -2.12. The number of hydrogen-bond acceptors (Lipinski definition) is 3. The molecule has 0 atom stereocenters. The molecule has 3 aromatic carbocycles. The number of amides is 1. The van der Waals surface area contributed by atoms with Crippen LogP contribution >= 0.6 is 11.8 Å². The minimum atomic E-state index is -4.38. The van der Waals surface area contributed by atoms with Crippen molar-refractivity contribution in [3.05, 3.63) is 83.9 Å². The van der Waals surface area contributed by atoms with Crippen molar-refractivity contribution in [3.63, 3.8) is 0 Å². The highest BCUT2D eigenvalue weighted by molar-refractivity contribution is 7.99. The monoisotopic (exact) mass is 403 g/mol. The van der Waals surface area contributed by atoms with Gasteiger partial charge in [0.15, 0.2) is 0 Å². The first-order valence-electron chi connectivity index (χ1n) is 8.27. The Morgan fingerprint density at radius 1 is 0.929 bits per heavy atom. The molecule has 0 saturated heterocycles. The Labute approximate surface area is 164 Å². The summed E-state index contributed by atoms with van der Waals surface area (Å²) in [5.74, 6) is 0.197. The van der Waals surface area contributed by atoms with E-state index in [1.54, 1.807) is 48.5 Å². The van der Waals surface area contributed by atoms with Crippen LogP contribution < -0.4 is 10.1 Å². The van der Waals surface area contributed by atoms with Crippen LogP contribution in [-0.2, 0) is 6.18 Å². The number of ether oxygens (including phenoxy) is 1. The second-order valence-electron chi connectivity index (χ2n) is 5.77. The van der Waals surface area contributed by atoms with Crippen LogP contribution in [0.4, 0.5) is 18.9 Å². The standard InChI is InChI=1S/C21H16F3NO2S/c1-27-18-8-4-3-7-17(18)25-20(26)16-6-2-5-9-19(16)28-15-12-10-14(11-13-15)21(22,23)24/h2-13H,1H3,(H,25,26). The summed E-state index contributed by atoms with van der Waals surface area (Å²) in [5.41, 5.74) is 0.238. The predicted octanol–water partition coefficient (Wildman–Crippen LogP) is 6.12. The average Bonchev–Trinajstić information content (AvgIpc) is 2.68. The maximum atomic E-state index is 12.8. The molecule has 3 rings (SSSR count). The summed E-state index contributed by atoms with van der Waals surface area (Å²) in [6.07, 6.45) is -4.38. The van der Waals surface area contributed by atoms with Crippen molar-refractivity contribution in [1.29, 1.82) is 0 Å². The summed E-state index contributed by atoms with van der Waals surface area (Å²) in [7, 11) is 1.51. The number of methoxy groups -OCH3 is 1. The molecule has 0 aliphatic rings. The van der Waals surface area contributed by atoms with Crippen molar-refractivity contribution < 1.29 is 22.7 Å². The highest BCUT2D eigenvalue weighted by Gasteiger charge is 2.30. The molecule has 1 amide bonds. The van der Waals surface area contributed by atoms with Crippen LogP contribution in [0.2, 0.25) is 0 Å². The largest absolute Gasteiger partial charge is 0.495 e. The fraction of sp³-hybridized carbons (Fsp3) is 0.0952. The third-order valence-corrected chi connectivity index (χ3v) is 4.98. The maximum Gasteiger partial charge on any atom is 0.416 e. The number of hydrogen-bond donors (Lipinski definition) is 1. The lowest BCUT2D eigenvalue weighted by molar-refractivity contribution is -0.137. The van der Waals surface area contributed by atoms with Gasteiger partial charge in [0.1, 0.15) is 5.75 Å². The molecule has 1 N–H and O–H groups in total. The van der Waals surface area contributed by atoms with E-state index in [2.05, 4.69) is 5.32 Å². The van der Waals surface area contributed by atoms with Crippen LogP contribution in [0.25, 0.3) is 0 Å². The third kappa shape index (κ3) is 4.67. The van der Waals surface area contributed by atoms with Crippen molar-refractivity contribution >= 4 is 23.4 Å². The van der Waals surface area contributed by atoms with Gasteiger partial charge in [-0.15, -0.1) is 0 Å². The van der Waals surface area contributed by atoms with E-state index in [-0.39, 0.29) is 5.91 Å². The summed E-state index contributed by atoms with van der Waals surface area (Å²) < 4.78 is 43.4. The molecule has 0 heterocycles. The Kier molecular flexibility index (Phi) is 5.94. The molecule has 0 radical (unpaired) electrons. The van der Waals surface area contributed by atoms with Crippen molar-refractivity contribution in [2.24, 2.45) is 0 Å². The minimum Gasteiger partial charge on any atom is -0.495 e. The van der Waals surface area contributed by atoms with Crippen LogP contribution in [0.15, 0.2) is 82.6 Å². The van der Waals surface area contributed by atoms with Gasteiger partial charge < -0.3 is 10.1 Å². The van der Waals surface area contributed by atoms with Crippen LogP contribution in [0.5, 0.6) is 5.75 Å². The topological polar surface area (TPSA) is 38.3 Å². The summed E-state index contributed by atoms with van der Waals surface area (Å²) in [6.45, 7) is 0. The van der Waals surface area contributed by atoms with E-state index in [1.807, 2.05) is 0 Å². The molecule has 0 aliphatic carbocycles. The van der Waals surface area contributed by atoms with Crippen molar-refractivity contribution in [2.75, 3.05) is 12.4 Å². The molecule has 0 spiro atoms. The number of alkyl halides is 3. The fourth-order valence-corrected chi connectivity index (χ4v) is 3.46. The molecule has 144 valence electrons. The molecule has 0 unspecified atom stereocenters. The van der Waals surface area contributed by atoms with Gasteiger partial charge >= 0.3 is 6.18 Å². The van der Waals surface area contributed by atoms with Gasteiger partial charge in [-0.1, -0.05) is 36.0 Å². The first-order chi connectivity index (χ1) is 13.4. The number of anilines is 1. The smallest absolute Gasteiger partial charge is 0.416 e. The van der Waals surface area contributed by atoms with E-state index < -0.39 is 11.7 Å². The number of para-hydroxylation sites is 2. The first-order valence-corrected chi connectivity index (χ1v) is 9.08. The normalized spacial score (nSPS) is 11.1. The quantitative estimate of drug-likeness (QED) is 0.558. The van der Waals surface area contributed by atoms with E-state index in [9.17, 15) is 18.0 Å². The van der Waals surface area contributed by atoms with E-state index in [0.717, 1.165) is 12.1 Å². The van der Waals surface area contributed by atoms with Gasteiger partial charge in [0.2, 0.25) is 0 Å². The molecule has 0 aliphatic heterocycles. The van der Waals surface area contributed by atoms with Crippen molar-refractivity contribution in [3.8, 4) is 5.75 Å². The first kappa shape index (κ1) is 19.8. The van der Waals surface area contributed by atoms with E-state index in [4.69, 9.17) is 4.74 Å². The van der Waals surface area contributed by atoms with Gasteiger partial charge in [-0.25, -0.2) is 0 Å². The van der Waals surface area contributed by atoms with Crippen molar-refractivity contribution in [2.45, 2.75) is 16.0 Å². The molecule has 3 aromatic rings. The van der Waals surface area contributed by atoms with Gasteiger partial charge in [0, 0.05) is 9.79 Å². The van der Waals surface area contributed by atoms with E-state index in [1.165, 1.54) is 31.0 Å². The number of carbonyl (C=O) groups is 1. The average molecular weight is 403 g/mol. The number of benzene rings is 3. The van der Waals surface area contributed by atoms with Gasteiger partial charge in [0.25, 0.3) is 5.91 Å². The second kappa shape index (κ2) is 8.39. The number of carbonyl (C=O) groups excluding carboxylic acids is 1. The molecule has 3 nitrogen and oxygen atoms in total. The zero-order valence-electron chi connectivity index (χ0n) is 14.8. The zero-order chi connectivity index (χ0) is 20.1. The molecule has 0 aromatic heterocycles. The molecular formula is C21H16F3NO2S. The SMILES string of the molecule is COc1ccccc1NC(=O)c1ccccc1Sc1ccc(C(F)(F)F)cc1. The lowest BCUT2D eigenvalue weighted by atomic mass is 10.2. The maximum absolute atomic E-state index is 12.8. The molecule has 0 saturated carbocycles. The summed E-state index contributed by atoms with van der Waals surface area (Å²) >= 11 is 1.22. The molecule has 28 heavy (non-hydrogen) atoms. The van der Waals surface area contributed by atoms with Gasteiger partial charge in [0.05, 0.1) is 23.9 Å². The summed E-state index contributed by atoms with van der Waals surface area (Å²) in [5, 5.41) is 2.81. The zero-order valence-corrected chi connectivity index (χ0v) is 15.6. The minimum absolute atomic E-state index is 0.334. The lowest BCUT2D eigenvalue weighted by Crippen LogP contribution is -2.13. The third-order valence-electron chi connectivity index (χ3n) is 3.90. The van der Waals surface area contributed by atoms with Crippen LogP contribution in [0.3, 0.4) is 0 Å². The molecular weight excluding hydrogens is 387 g/mol. The van der Waals surface area contributed by atoms with E-state index >= 15 is 0 Å². The van der Waals surface area contributed by atoms with Gasteiger partial charge in [-0.2, -0.15) is 13.2 Å². The van der Waals surface area contributed by atoms with Crippen LogP contribution in [0.1, 0.15) is 15.9 Å². The highest BCUT2D eigenvalue weighted by Crippen LogP contribution is 2.34. The van der Waals surface area contributed by atoms with Crippen LogP contribution in [0, 0.1) is 0 Å². The number of rotatable bonds is 5. The Balaban J connectivity index is 1.82. The van der Waals surface area contributed by atoms with Gasteiger partial charge in [-0.3, -0.25) is 4.79 Å².